The lowest BCUT2D eigenvalue weighted by atomic mass is 10.1. The minimum Gasteiger partial charge on any atom is -0.339 e. The zero-order valence-electron chi connectivity index (χ0n) is 14.0. The van der Waals surface area contributed by atoms with Crippen molar-refractivity contribution in [2.45, 2.75) is 24.5 Å². The summed E-state index contributed by atoms with van der Waals surface area (Å²) in [5, 5.41) is 0.503. The molecule has 2 aromatic rings. The van der Waals surface area contributed by atoms with Crippen molar-refractivity contribution in [2.75, 3.05) is 13.1 Å². The monoisotopic (exact) mass is 399 g/mol. The fourth-order valence-electron chi connectivity index (χ4n) is 2.41. The van der Waals surface area contributed by atoms with Crippen LogP contribution >= 0.6 is 23.2 Å². The van der Waals surface area contributed by atoms with Crippen molar-refractivity contribution in [3.05, 3.63) is 63.6 Å². The van der Waals surface area contributed by atoms with Crippen LogP contribution in [0.2, 0.25) is 10.0 Å². The Hall–Kier alpha value is -1.56. The van der Waals surface area contributed by atoms with Crippen molar-refractivity contribution < 1.29 is 13.2 Å². The molecule has 0 aliphatic heterocycles. The topological polar surface area (TPSA) is 54.5 Å². The van der Waals surface area contributed by atoms with Gasteiger partial charge in [-0.05, 0) is 49.7 Å². The highest BCUT2D eigenvalue weighted by Crippen LogP contribution is 2.26. The highest BCUT2D eigenvalue weighted by molar-refractivity contribution is 7.90. The van der Waals surface area contributed by atoms with Gasteiger partial charge in [0.05, 0.1) is 20.7 Å². The second-order valence-electron chi connectivity index (χ2n) is 5.51. The summed E-state index contributed by atoms with van der Waals surface area (Å²) in [5.74, 6) is -0.242. The Labute approximate surface area is 158 Å². The molecule has 25 heavy (non-hydrogen) atoms. The average Bonchev–Trinajstić information content (AvgIpc) is 2.58. The zero-order chi connectivity index (χ0) is 18.6. The molecule has 0 spiro atoms. The van der Waals surface area contributed by atoms with Crippen LogP contribution in [0.25, 0.3) is 0 Å². The number of hydrogen-bond donors (Lipinski definition) is 0. The molecule has 0 fully saturated rings. The molecule has 0 saturated carbocycles. The first kappa shape index (κ1) is 19.8. The van der Waals surface area contributed by atoms with E-state index in [0.717, 1.165) is 0 Å². The van der Waals surface area contributed by atoms with Gasteiger partial charge in [-0.25, -0.2) is 8.42 Å². The van der Waals surface area contributed by atoms with Crippen LogP contribution in [0, 0.1) is 0 Å². The third-order valence-corrected chi connectivity index (χ3v) is 6.28. The van der Waals surface area contributed by atoms with E-state index in [1.165, 1.54) is 18.2 Å². The molecule has 0 radical (unpaired) electrons. The second kappa shape index (κ2) is 8.21. The van der Waals surface area contributed by atoms with Crippen molar-refractivity contribution in [3.63, 3.8) is 0 Å². The second-order valence-corrected chi connectivity index (χ2v) is 8.31. The number of carbonyl (C=O) groups excluding carboxylic acids is 1. The molecule has 134 valence electrons. The highest BCUT2D eigenvalue weighted by Gasteiger charge is 2.18. The third-order valence-electron chi connectivity index (χ3n) is 3.86. The fourth-order valence-corrected chi connectivity index (χ4v) is 4.14. The van der Waals surface area contributed by atoms with Gasteiger partial charge in [-0.15, -0.1) is 0 Å². The van der Waals surface area contributed by atoms with E-state index in [1.54, 1.807) is 29.2 Å². The van der Waals surface area contributed by atoms with E-state index in [1.807, 2.05) is 13.8 Å². The van der Waals surface area contributed by atoms with Crippen LogP contribution in [0.1, 0.15) is 29.8 Å². The predicted octanol–water partition coefficient (Wildman–Crippen LogP) is 4.45. The van der Waals surface area contributed by atoms with E-state index in [9.17, 15) is 13.2 Å². The van der Waals surface area contributed by atoms with E-state index in [2.05, 4.69) is 0 Å². The molecule has 7 heteroatoms. The summed E-state index contributed by atoms with van der Waals surface area (Å²) in [6.45, 7) is 5.09. The van der Waals surface area contributed by atoms with E-state index in [0.29, 0.717) is 29.2 Å². The lowest BCUT2D eigenvalue weighted by Crippen LogP contribution is -2.30. The number of benzene rings is 2. The van der Waals surface area contributed by atoms with Gasteiger partial charge in [0, 0.05) is 18.7 Å². The standard InChI is InChI=1S/C18H19Cl2NO3S/c1-3-21(4-2)18(22)14-7-5-13(6-8-14)12-25(23,24)15-9-10-16(19)17(20)11-15/h5-11H,3-4,12H2,1-2H3. The van der Waals surface area contributed by atoms with Gasteiger partial charge in [-0.3, -0.25) is 4.79 Å². The molecule has 0 atom stereocenters. The molecule has 0 aliphatic rings. The molecule has 0 bridgehead atoms. The normalized spacial score (nSPS) is 11.4. The van der Waals surface area contributed by atoms with Crippen molar-refractivity contribution in [3.8, 4) is 0 Å². The summed E-state index contributed by atoms with van der Waals surface area (Å²) in [6, 6.07) is 10.9. The SMILES string of the molecule is CCN(CC)C(=O)c1ccc(CS(=O)(=O)c2ccc(Cl)c(Cl)c2)cc1. The van der Waals surface area contributed by atoms with Crippen LogP contribution in [0.5, 0.6) is 0 Å². The molecule has 1 amide bonds. The molecule has 0 aliphatic carbocycles. The number of hydrogen-bond acceptors (Lipinski definition) is 3. The van der Waals surface area contributed by atoms with E-state index >= 15 is 0 Å². The van der Waals surface area contributed by atoms with Crippen LogP contribution < -0.4 is 0 Å². The van der Waals surface area contributed by atoms with Crippen molar-refractivity contribution in [1.82, 2.24) is 4.90 Å². The molecule has 2 rings (SSSR count). The van der Waals surface area contributed by atoms with Gasteiger partial charge in [0.25, 0.3) is 5.91 Å². The number of sulfone groups is 1. The fraction of sp³-hybridized carbons (Fsp3) is 0.278. The number of amides is 1. The van der Waals surface area contributed by atoms with Crippen molar-refractivity contribution in [1.29, 1.82) is 0 Å². The maximum absolute atomic E-state index is 12.5. The van der Waals surface area contributed by atoms with Gasteiger partial charge < -0.3 is 4.90 Å². The molecular formula is C18H19Cl2NO3S. The summed E-state index contributed by atoms with van der Waals surface area (Å²) in [4.78, 5) is 14.1. The summed E-state index contributed by atoms with van der Waals surface area (Å²) in [6.07, 6.45) is 0. The molecule has 0 unspecified atom stereocenters. The van der Waals surface area contributed by atoms with Gasteiger partial charge in [0.2, 0.25) is 0 Å². The van der Waals surface area contributed by atoms with Crippen LogP contribution in [0.3, 0.4) is 0 Å². The minimum absolute atomic E-state index is 0.0658. The molecular weight excluding hydrogens is 381 g/mol. The van der Waals surface area contributed by atoms with Crippen molar-refractivity contribution in [2.24, 2.45) is 0 Å². The zero-order valence-corrected chi connectivity index (χ0v) is 16.3. The average molecular weight is 400 g/mol. The Morgan fingerprint density at radius 1 is 0.960 bits per heavy atom. The van der Waals surface area contributed by atoms with Gasteiger partial charge in [0.15, 0.2) is 9.84 Å². The Morgan fingerprint density at radius 3 is 2.08 bits per heavy atom. The van der Waals surface area contributed by atoms with E-state index in [-0.39, 0.29) is 21.6 Å². The molecule has 0 saturated heterocycles. The summed E-state index contributed by atoms with van der Waals surface area (Å²) in [5.41, 5.74) is 1.14. The summed E-state index contributed by atoms with van der Waals surface area (Å²) in [7, 11) is -3.55. The van der Waals surface area contributed by atoms with E-state index in [4.69, 9.17) is 23.2 Å². The Kier molecular flexibility index (Phi) is 6.49. The van der Waals surface area contributed by atoms with Gasteiger partial charge in [-0.1, -0.05) is 35.3 Å². The number of rotatable bonds is 6. The predicted molar refractivity (Wildman–Crippen MR) is 101 cm³/mol. The number of carbonyl (C=O) groups is 1. The molecule has 4 nitrogen and oxygen atoms in total. The Bertz CT molecular complexity index is 860. The summed E-state index contributed by atoms with van der Waals surface area (Å²) >= 11 is 11.7. The first-order chi connectivity index (χ1) is 11.8. The Morgan fingerprint density at radius 2 is 1.56 bits per heavy atom. The maximum Gasteiger partial charge on any atom is 0.253 e. The molecule has 2 aromatic carbocycles. The molecule has 0 heterocycles. The molecule has 0 N–H and O–H groups in total. The third kappa shape index (κ3) is 4.75. The van der Waals surface area contributed by atoms with Crippen LogP contribution in [-0.2, 0) is 15.6 Å². The first-order valence-corrected chi connectivity index (χ1v) is 10.2. The van der Waals surface area contributed by atoms with Crippen LogP contribution in [0.4, 0.5) is 0 Å². The quantitative estimate of drug-likeness (QED) is 0.720. The maximum atomic E-state index is 12.5. The van der Waals surface area contributed by atoms with Crippen molar-refractivity contribution >= 4 is 38.9 Å². The first-order valence-electron chi connectivity index (χ1n) is 7.84. The van der Waals surface area contributed by atoms with Crippen LogP contribution in [-0.4, -0.2) is 32.3 Å². The smallest absolute Gasteiger partial charge is 0.253 e. The number of halogens is 2. The Balaban J connectivity index is 2.20. The highest BCUT2D eigenvalue weighted by atomic mass is 35.5. The van der Waals surface area contributed by atoms with Gasteiger partial charge >= 0.3 is 0 Å². The van der Waals surface area contributed by atoms with Gasteiger partial charge in [0.1, 0.15) is 0 Å². The minimum atomic E-state index is -3.55. The summed E-state index contributed by atoms with van der Waals surface area (Å²) < 4.78 is 25.0. The van der Waals surface area contributed by atoms with Gasteiger partial charge in [-0.2, -0.15) is 0 Å². The van der Waals surface area contributed by atoms with Crippen LogP contribution in [0.15, 0.2) is 47.4 Å². The molecule has 0 aromatic heterocycles. The lowest BCUT2D eigenvalue weighted by molar-refractivity contribution is 0.0773. The van der Waals surface area contributed by atoms with E-state index < -0.39 is 9.84 Å². The number of nitrogens with zero attached hydrogens (tertiary/aromatic N) is 1. The largest absolute Gasteiger partial charge is 0.339 e. The lowest BCUT2D eigenvalue weighted by Gasteiger charge is -2.18.